The Morgan fingerprint density at radius 2 is 1.29 bits per heavy atom. The van der Waals surface area contributed by atoms with Crippen molar-refractivity contribution in [1.82, 2.24) is 0 Å². The van der Waals surface area contributed by atoms with Crippen molar-refractivity contribution in [3.63, 3.8) is 0 Å². The summed E-state index contributed by atoms with van der Waals surface area (Å²) in [4.78, 5) is 2.20. The van der Waals surface area contributed by atoms with E-state index in [1.165, 1.54) is 44.6 Å². The monoisotopic (exact) mass is 279 g/mol. The number of benzene rings is 2. The van der Waals surface area contributed by atoms with E-state index in [0.29, 0.717) is 0 Å². The molecule has 0 radical (unpaired) electrons. The predicted molar refractivity (Wildman–Crippen MR) is 92.5 cm³/mol. The van der Waals surface area contributed by atoms with E-state index in [-0.39, 0.29) is 5.41 Å². The molecule has 1 aliphatic rings. The number of anilines is 1. The van der Waals surface area contributed by atoms with Crippen LogP contribution in [0, 0.1) is 20.8 Å². The van der Waals surface area contributed by atoms with Gasteiger partial charge in [-0.3, -0.25) is 0 Å². The summed E-state index contributed by atoms with van der Waals surface area (Å²) >= 11 is 0. The van der Waals surface area contributed by atoms with Crippen LogP contribution in [0.2, 0.25) is 0 Å². The van der Waals surface area contributed by atoms with Gasteiger partial charge >= 0.3 is 0 Å². The van der Waals surface area contributed by atoms with Gasteiger partial charge in [-0.05, 0) is 66.3 Å². The maximum absolute atomic E-state index is 2.36. The molecule has 0 heterocycles. The zero-order chi connectivity index (χ0) is 15.5. The molecule has 0 saturated carbocycles. The van der Waals surface area contributed by atoms with Gasteiger partial charge in [0.1, 0.15) is 0 Å². The molecule has 21 heavy (non-hydrogen) atoms. The lowest BCUT2D eigenvalue weighted by atomic mass is 9.78. The van der Waals surface area contributed by atoms with Gasteiger partial charge in [-0.2, -0.15) is 0 Å². The van der Waals surface area contributed by atoms with Gasteiger partial charge < -0.3 is 4.90 Å². The van der Waals surface area contributed by atoms with Gasteiger partial charge in [0.05, 0.1) is 0 Å². The number of fused-ring (bicyclic) bond motifs is 3. The normalized spacial score (nSPS) is 14.8. The van der Waals surface area contributed by atoms with Crippen LogP contribution in [-0.2, 0) is 5.41 Å². The van der Waals surface area contributed by atoms with Crippen molar-refractivity contribution < 1.29 is 0 Å². The molecular weight excluding hydrogens is 254 g/mol. The molecule has 1 aliphatic carbocycles. The number of hydrogen-bond acceptors (Lipinski definition) is 1. The number of aryl methyl sites for hydroxylation is 3. The van der Waals surface area contributed by atoms with Crippen LogP contribution in [-0.4, -0.2) is 14.1 Å². The van der Waals surface area contributed by atoms with Crippen molar-refractivity contribution in [2.45, 2.75) is 40.0 Å². The summed E-state index contributed by atoms with van der Waals surface area (Å²) in [6.07, 6.45) is 0. The molecule has 0 spiro atoms. The quantitative estimate of drug-likeness (QED) is 0.711. The van der Waals surface area contributed by atoms with E-state index in [2.05, 4.69) is 77.9 Å². The lowest BCUT2D eigenvalue weighted by molar-refractivity contribution is 0.651. The first-order valence-electron chi connectivity index (χ1n) is 7.68. The first-order valence-corrected chi connectivity index (χ1v) is 7.68. The second kappa shape index (κ2) is 4.37. The largest absolute Gasteiger partial charge is 0.378 e. The molecule has 3 rings (SSSR count). The fourth-order valence-corrected chi connectivity index (χ4v) is 4.20. The summed E-state index contributed by atoms with van der Waals surface area (Å²) in [5.74, 6) is 0. The van der Waals surface area contributed by atoms with Gasteiger partial charge in [-0.25, -0.2) is 0 Å². The topological polar surface area (TPSA) is 3.24 Å². The van der Waals surface area contributed by atoms with Crippen molar-refractivity contribution in [2.24, 2.45) is 0 Å². The lowest BCUT2D eigenvalue weighted by Gasteiger charge is -2.26. The molecule has 0 N–H and O–H groups in total. The summed E-state index contributed by atoms with van der Waals surface area (Å²) in [6, 6.07) is 9.34. The first-order chi connectivity index (χ1) is 9.73. The minimum atomic E-state index is 0.0946. The summed E-state index contributed by atoms with van der Waals surface area (Å²) in [7, 11) is 4.23. The Balaban J connectivity index is 2.41. The van der Waals surface area contributed by atoms with E-state index >= 15 is 0 Å². The molecule has 0 fully saturated rings. The SMILES string of the molecule is Cc1cc(C)c2c(c1)-c1cc(N(C)C)cc(C)c1C2(C)C. The minimum Gasteiger partial charge on any atom is -0.378 e. The molecule has 0 amide bonds. The van der Waals surface area contributed by atoms with Gasteiger partial charge in [0.25, 0.3) is 0 Å². The zero-order valence-electron chi connectivity index (χ0n) is 14.3. The molecule has 0 aromatic heterocycles. The molecule has 2 aromatic rings. The molecule has 110 valence electrons. The van der Waals surface area contributed by atoms with Gasteiger partial charge in [0, 0.05) is 25.2 Å². The maximum atomic E-state index is 2.36. The molecule has 1 heteroatoms. The fourth-order valence-electron chi connectivity index (χ4n) is 4.20. The van der Waals surface area contributed by atoms with Gasteiger partial charge in [0.2, 0.25) is 0 Å². The predicted octanol–water partition coefficient (Wildman–Crippen LogP) is 4.98. The van der Waals surface area contributed by atoms with Crippen LogP contribution in [0.25, 0.3) is 11.1 Å². The van der Waals surface area contributed by atoms with Crippen molar-refractivity contribution in [1.29, 1.82) is 0 Å². The van der Waals surface area contributed by atoms with E-state index in [1.54, 1.807) is 0 Å². The third kappa shape index (κ3) is 1.91. The van der Waals surface area contributed by atoms with E-state index in [1.807, 2.05) is 0 Å². The van der Waals surface area contributed by atoms with Crippen LogP contribution in [0.4, 0.5) is 5.69 Å². The molecule has 0 unspecified atom stereocenters. The second-order valence-electron chi connectivity index (χ2n) is 7.21. The summed E-state index contributed by atoms with van der Waals surface area (Å²) < 4.78 is 0. The smallest absolute Gasteiger partial charge is 0.0370 e. The highest BCUT2D eigenvalue weighted by Crippen LogP contribution is 2.52. The number of rotatable bonds is 1. The summed E-state index contributed by atoms with van der Waals surface area (Å²) in [5, 5.41) is 0. The Labute approximate surface area is 128 Å². The Hall–Kier alpha value is -1.76. The third-order valence-corrected chi connectivity index (χ3v) is 4.86. The number of nitrogens with zero attached hydrogens (tertiary/aromatic N) is 1. The van der Waals surface area contributed by atoms with Crippen LogP contribution in [0.5, 0.6) is 0 Å². The zero-order valence-corrected chi connectivity index (χ0v) is 14.3. The summed E-state index contributed by atoms with van der Waals surface area (Å²) in [5.41, 5.74) is 11.4. The van der Waals surface area contributed by atoms with Gasteiger partial charge in [0.15, 0.2) is 0 Å². The maximum Gasteiger partial charge on any atom is 0.0370 e. The molecular formula is C20H25N. The fraction of sp³-hybridized carbons (Fsp3) is 0.400. The highest BCUT2D eigenvalue weighted by atomic mass is 15.1. The van der Waals surface area contributed by atoms with Crippen molar-refractivity contribution >= 4 is 5.69 Å². The molecule has 0 bridgehead atoms. The van der Waals surface area contributed by atoms with Crippen LogP contribution in [0.1, 0.15) is 41.7 Å². The third-order valence-electron chi connectivity index (χ3n) is 4.86. The Kier molecular flexibility index (Phi) is 2.95. The second-order valence-corrected chi connectivity index (χ2v) is 7.21. The van der Waals surface area contributed by atoms with Crippen LogP contribution in [0.3, 0.4) is 0 Å². The van der Waals surface area contributed by atoms with Crippen LogP contribution < -0.4 is 4.90 Å². The molecule has 0 aliphatic heterocycles. The van der Waals surface area contributed by atoms with Gasteiger partial charge in [-0.15, -0.1) is 0 Å². The van der Waals surface area contributed by atoms with Gasteiger partial charge in [-0.1, -0.05) is 31.5 Å². The minimum absolute atomic E-state index is 0.0946. The highest BCUT2D eigenvalue weighted by Gasteiger charge is 2.38. The molecule has 0 saturated heterocycles. The van der Waals surface area contributed by atoms with Crippen LogP contribution >= 0.6 is 0 Å². The molecule has 1 nitrogen and oxygen atoms in total. The lowest BCUT2D eigenvalue weighted by Crippen LogP contribution is -2.18. The average molecular weight is 279 g/mol. The number of hydrogen-bond donors (Lipinski definition) is 0. The Bertz CT molecular complexity index is 736. The Morgan fingerprint density at radius 3 is 1.86 bits per heavy atom. The summed E-state index contributed by atoms with van der Waals surface area (Å²) in [6.45, 7) is 11.4. The Morgan fingerprint density at radius 1 is 0.762 bits per heavy atom. The highest BCUT2D eigenvalue weighted by molar-refractivity contribution is 5.85. The van der Waals surface area contributed by atoms with E-state index in [0.717, 1.165) is 0 Å². The van der Waals surface area contributed by atoms with Crippen molar-refractivity contribution in [3.8, 4) is 11.1 Å². The van der Waals surface area contributed by atoms with Crippen molar-refractivity contribution in [3.05, 3.63) is 52.1 Å². The molecule has 0 atom stereocenters. The van der Waals surface area contributed by atoms with E-state index in [4.69, 9.17) is 0 Å². The standard InChI is InChI=1S/C20H25N/c1-12-8-13(2)18-16(9-12)17-11-15(21(6)7)10-14(3)19(17)20(18,4)5/h8-11H,1-7H3. The average Bonchev–Trinajstić information content (AvgIpc) is 2.57. The first kappa shape index (κ1) is 14.2. The van der Waals surface area contributed by atoms with Crippen LogP contribution in [0.15, 0.2) is 24.3 Å². The molecule has 2 aromatic carbocycles. The van der Waals surface area contributed by atoms with E-state index in [9.17, 15) is 0 Å². The van der Waals surface area contributed by atoms with Crippen molar-refractivity contribution in [2.75, 3.05) is 19.0 Å². The van der Waals surface area contributed by atoms with E-state index < -0.39 is 0 Å².